The van der Waals surface area contributed by atoms with Crippen molar-refractivity contribution in [1.82, 2.24) is 0 Å². The Hall–Kier alpha value is -0.970. The van der Waals surface area contributed by atoms with Crippen molar-refractivity contribution >= 4 is 5.97 Å². The first-order chi connectivity index (χ1) is 23.3. The van der Waals surface area contributed by atoms with Gasteiger partial charge in [0.1, 0.15) is 6.61 Å². The topological polar surface area (TPSA) is 128 Å². The Kier molecular flexibility index (Phi) is 40.4. The zero-order valence-electron chi connectivity index (χ0n) is 29.9. The monoisotopic (exact) mass is 684 g/mol. The Morgan fingerprint density at radius 3 is 0.872 bits per heavy atom. The summed E-state index contributed by atoms with van der Waals surface area (Å²) in [5.74, 6) is -0.121. The Bertz CT molecular complexity index is 600. The number of esters is 1. The van der Waals surface area contributed by atoms with Crippen LogP contribution in [-0.2, 0) is 61.6 Å². The normalized spacial score (nSPS) is 12.1. The lowest BCUT2D eigenvalue weighted by Gasteiger charge is -2.13. The van der Waals surface area contributed by atoms with E-state index in [1.165, 1.54) is 0 Å². The smallest absolute Gasteiger partial charge is 0.308 e. The fourth-order valence-corrected chi connectivity index (χ4v) is 3.81. The zero-order chi connectivity index (χ0) is 34.1. The van der Waals surface area contributed by atoms with E-state index in [1.54, 1.807) is 0 Å². The zero-order valence-corrected chi connectivity index (χ0v) is 29.9. The van der Waals surface area contributed by atoms with Gasteiger partial charge in [0.25, 0.3) is 0 Å². The quantitative estimate of drug-likeness (QED) is 0.0686. The maximum absolute atomic E-state index is 12.0. The molecule has 0 radical (unpaired) electrons. The molecule has 13 heteroatoms. The lowest BCUT2D eigenvalue weighted by Crippen LogP contribution is -2.20. The van der Waals surface area contributed by atoms with Crippen molar-refractivity contribution in [2.75, 3.05) is 152 Å². The molecule has 0 amide bonds. The van der Waals surface area contributed by atoms with Gasteiger partial charge in [-0.1, -0.05) is 40.0 Å². The number of carbonyl (C=O) groups is 1. The van der Waals surface area contributed by atoms with Gasteiger partial charge in [-0.25, -0.2) is 0 Å². The summed E-state index contributed by atoms with van der Waals surface area (Å²) in [5, 5.41) is 0. The molecule has 0 fully saturated rings. The van der Waals surface area contributed by atoms with Gasteiger partial charge in [0.2, 0.25) is 0 Å². The first kappa shape index (κ1) is 46.0. The molecule has 0 aliphatic carbocycles. The van der Waals surface area contributed by atoms with Gasteiger partial charge < -0.3 is 56.8 Å². The Morgan fingerprint density at radius 2 is 0.617 bits per heavy atom. The molecule has 47 heavy (non-hydrogen) atoms. The Balaban J connectivity index is 3.13. The molecule has 0 bridgehead atoms. The van der Waals surface area contributed by atoms with E-state index in [0.29, 0.717) is 139 Å². The highest BCUT2D eigenvalue weighted by molar-refractivity contribution is 5.72. The average Bonchev–Trinajstić information content (AvgIpc) is 3.08. The minimum Gasteiger partial charge on any atom is -0.463 e. The second kappa shape index (κ2) is 41.2. The standard InChI is InChI=1S/C34H68O13/c1-4-7-9-33(6-3)34(35)47-32-31-46-30-29-45-28-27-44-26-25-43-24-23-42-22-21-41-20-19-40-18-17-39-16-15-38-14-13-37-12-11-36-10-8-5-2/h33H,4-32H2,1-3H3. The van der Waals surface area contributed by atoms with E-state index in [2.05, 4.69) is 13.8 Å². The van der Waals surface area contributed by atoms with E-state index in [9.17, 15) is 4.79 Å². The van der Waals surface area contributed by atoms with Gasteiger partial charge >= 0.3 is 5.97 Å². The predicted octanol–water partition coefficient (Wildman–Crippen LogP) is 3.73. The lowest BCUT2D eigenvalue weighted by atomic mass is 10.00. The van der Waals surface area contributed by atoms with Crippen LogP contribution in [0, 0.1) is 5.92 Å². The first-order valence-electron chi connectivity index (χ1n) is 17.8. The molecule has 282 valence electrons. The number of carbonyl (C=O) groups excluding carboxylic acids is 1. The van der Waals surface area contributed by atoms with E-state index in [4.69, 9.17) is 56.8 Å². The Labute approximate surface area is 284 Å². The van der Waals surface area contributed by atoms with Crippen molar-refractivity contribution in [1.29, 1.82) is 0 Å². The van der Waals surface area contributed by atoms with Gasteiger partial charge in [0.15, 0.2) is 0 Å². The highest BCUT2D eigenvalue weighted by Crippen LogP contribution is 2.14. The van der Waals surface area contributed by atoms with Crippen molar-refractivity contribution in [3.63, 3.8) is 0 Å². The van der Waals surface area contributed by atoms with Gasteiger partial charge in [-0.2, -0.15) is 0 Å². The van der Waals surface area contributed by atoms with Gasteiger partial charge in [0, 0.05) is 6.61 Å². The molecule has 0 saturated heterocycles. The molecule has 1 atom stereocenters. The van der Waals surface area contributed by atoms with Gasteiger partial charge in [-0.3, -0.25) is 4.79 Å². The molecular weight excluding hydrogens is 616 g/mol. The van der Waals surface area contributed by atoms with Gasteiger partial charge in [-0.15, -0.1) is 0 Å². The van der Waals surface area contributed by atoms with Crippen LogP contribution in [0.3, 0.4) is 0 Å². The molecule has 0 heterocycles. The number of ether oxygens (including phenoxy) is 12. The number of unbranched alkanes of at least 4 members (excludes halogenated alkanes) is 2. The van der Waals surface area contributed by atoms with Crippen LogP contribution < -0.4 is 0 Å². The maximum atomic E-state index is 12.0. The highest BCUT2D eigenvalue weighted by Gasteiger charge is 2.16. The predicted molar refractivity (Wildman–Crippen MR) is 178 cm³/mol. The summed E-state index contributed by atoms with van der Waals surface area (Å²) in [5.41, 5.74) is 0. The van der Waals surface area contributed by atoms with Crippen molar-refractivity contribution in [2.24, 2.45) is 5.92 Å². The van der Waals surface area contributed by atoms with Crippen LogP contribution in [0.5, 0.6) is 0 Å². The third-order valence-corrected chi connectivity index (χ3v) is 6.57. The third kappa shape index (κ3) is 37.7. The molecule has 0 rings (SSSR count). The lowest BCUT2D eigenvalue weighted by molar-refractivity contribution is -0.150. The van der Waals surface area contributed by atoms with Crippen LogP contribution in [0.25, 0.3) is 0 Å². The molecule has 0 aromatic heterocycles. The van der Waals surface area contributed by atoms with Crippen LogP contribution in [0.2, 0.25) is 0 Å². The van der Waals surface area contributed by atoms with E-state index < -0.39 is 0 Å². The van der Waals surface area contributed by atoms with E-state index >= 15 is 0 Å². The van der Waals surface area contributed by atoms with Crippen molar-refractivity contribution in [2.45, 2.75) is 59.3 Å². The molecule has 0 aromatic rings. The number of hydrogen-bond donors (Lipinski definition) is 0. The van der Waals surface area contributed by atoms with Crippen LogP contribution in [-0.4, -0.2) is 158 Å². The van der Waals surface area contributed by atoms with Crippen LogP contribution in [0.4, 0.5) is 0 Å². The largest absolute Gasteiger partial charge is 0.463 e. The van der Waals surface area contributed by atoms with Crippen LogP contribution >= 0.6 is 0 Å². The molecule has 0 aliphatic rings. The number of hydrogen-bond acceptors (Lipinski definition) is 13. The second-order valence-corrected chi connectivity index (χ2v) is 10.5. The van der Waals surface area contributed by atoms with Crippen molar-refractivity contribution in [3.8, 4) is 0 Å². The molecule has 0 spiro atoms. The maximum Gasteiger partial charge on any atom is 0.308 e. The first-order valence-corrected chi connectivity index (χ1v) is 17.8. The SMILES string of the molecule is CCCCOCCOCCOCCOCCOCCOCCOCCOCCOCCOCCOCCOC(=O)C(CC)CCCC. The molecular formula is C34H68O13. The van der Waals surface area contributed by atoms with Crippen LogP contribution in [0.15, 0.2) is 0 Å². The molecule has 0 aliphatic heterocycles. The van der Waals surface area contributed by atoms with E-state index in [-0.39, 0.29) is 18.5 Å². The summed E-state index contributed by atoms with van der Waals surface area (Å²) in [4.78, 5) is 12.0. The summed E-state index contributed by atoms with van der Waals surface area (Å²) in [6.07, 6.45) is 6.07. The Morgan fingerprint density at radius 1 is 0.362 bits per heavy atom. The summed E-state index contributed by atoms with van der Waals surface area (Å²) in [7, 11) is 0. The minimum atomic E-state index is -0.119. The summed E-state index contributed by atoms with van der Waals surface area (Å²) >= 11 is 0. The average molecular weight is 685 g/mol. The van der Waals surface area contributed by atoms with E-state index in [1.807, 2.05) is 6.92 Å². The minimum absolute atomic E-state index is 0.00243. The fourth-order valence-electron chi connectivity index (χ4n) is 3.81. The third-order valence-electron chi connectivity index (χ3n) is 6.57. The van der Waals surface area contributed by atoms with Crippen LogP contribution in [0.1, 0.15) is 59.3 Å². The summed E-state index contributed by atoms with van der Waals surface area (Å²) in [6, 6.07) is 0. The molecule has 0 aromatic carbocycles. The molecule has 1 unspecified atom stereocenters. The number of rotatable bonds is 41. The summed E-state index contributed by atoms with van der Waals surface area (Å²) in [6.45, 7) is 18.1. The fraction of sp³-hybridized carbons (Fsp3) is 0.971. The molecule has 0 saturated carbocycles. The second-order valence-electron chi connectivity index (χ2n) is 10.5. The van der Waals surface area contributed by atoms with Gasteiger partial charge in [0.05, 0.1) is 145 Å². The molecule has 13 nitrogen and oxygen atoms in total. The van der Waals surface area contributed by atoms with Crippen molar-refractivity contribution < 1.29 is 61.6 Å². The van der Waals surface area contributed by atoms with E-state index in [0.717, 1.165) is 45.1 Å². The van der Waals surface area contributed by atoms with Gasteiger partial charge in [-0.05, 0) is 19.3 Å². The molecule has 0 N–H and O–H groups in total. The summed E-state index contributed by atoms with van der Waals surface area (Å²) < 4.78 is 65.4. The highest BCUT2D eigenvalue weighted by atomic mass is 16.6. The van der Waals surface area contributed by atoms with Crippen molar-refractivity contribution in [3.05, 3.63) is 0 Å².